The molecule has 2 rings (SSSR count). The topological polar surface area (TPSA) is 58.6 Å². The molecular weight excluding hydrogens is 323 g/mol. The van der Waals surface area contributed by atoms with Gasteiger partial charge in [0.15, 0.2) is 0 Å². The molecule has 1 N–H and O–H groups in total. The number of carbonyl (C=O) groups is 2. The number of amides is 2. The number of piperidine rings is 1. The minimum absolute atomic E-state index is 0.0302. The Kier molecular flexibility index (Phi) is 6.36. The summed E-state index contributed by atoms with van der Waals surface area (Å²) in [6.45, 7) is 1.36. The molecule has 126 valence electrons. The van der Waals surface area contributed by atoms with Crippen molar-refractivity contribution in [1.82, 2.24) is 10.2 Å². The van der Waals surface area contributed by atoms with Gasteiger partial charge in [-0.3, -0.25) is 9.59 Å². The Morgan fingerprint density at radius 2 is 2.26 bits per heavy atom. The molecule has 0 bridgehead atoms. The number of hydrogen-bond acceptors (Lipinski definition) is 3. The van der Waals surface area contributed by atoms with E-state index >= 15 is 0 Å². The summed E-state index contributed by atoms with van der Waals surface area (Å²) in [5, 5.41) is 2.85. The Bertz CT molecular complexity index is 582. The van der Waals surface area contributed by atoms with Gasteiger partial charge in [0.05, 0.1) is 10.9 Å². The van der Waals surface area contributed by atoms with Crippen LogP contribution < -0.4 is 5.32 Å². The van der Waals surface area contributed by atoms with Gasteiger partial charge >= 0.3 is 0 Å². The molecule has 2 amide bonds. The second-order valence-corrected chi connectivity index (χ2v) is 5.99. The number of rotatable bonds is 5. The third-order valence-electron chi connectivity index (χ3n) is 3.86. The van der Waals surface area contributed by atoms with Crippen molar-refractivity contribution in [1.29, 1.82) is 0 Å². The second-order valence-electron chi connectivity index (χ2n) is 5.58. The van der Waals surface area contributed by atoms with Crippen LogP contribution in [0.4, 0.5) is 4.39 Å². The number of methoxy groups -OCH3 is 1. The summed E-state index contributed by atoms with van der Waals surface area (Å²) in [6, 6.07) is 4.35. The van der Waals surface area contributed by atoms with Crippen molar-refractivity contribution < 1.29 is 18.7 Å². The van der Waals surface area contributed by atoms with Gasteiger partial charge in [-0.15, -0.1) is 0 Å². The Hall–Kier alpha value is -1.66. The van der Waals surface area contributed by atoms with Gasteiger partial charge in [0.2, 0.25) is 11.8 Å². The van der Waals surface area contributed by atoms with E-state index in [9.17, 15) is 14.0 Å². The number of benzene rings is 1. The molecule has 0 radical (unpaired) electrons. The van der Waals surface area contributed by atoms with Gasteiger partial charge in [-0.25, -0.2) is 4.39 Å². The van der Waals surface area contributed by atoms with E-state index in [-0.39, 0.29) is 35.9 Å². The first kappa shape index (κ1) is 17.7. The third-order valence-corrected chi connectivity index (χ3v) is 4.15. The van der Waals surface area contributed by atoms with Crippen molar-refractivity contribution in [2.45, 2.75) is 19.4 Å². The van der Waals surface area contributed by atoms with Crippen LogP contribution in [-0.4, -0.2) is 43.5 Å². The van der Waals surface area contributed by atoms with Gasteiger partial charge < -0.3 is 15.0 Å². The van der Waals surface area contributed by atoms with Crippen LogP contribution >= 0.6 is 11.6 Å². The summed E-state index contributed by atoms with van der Waals surface area (Å²) in [5.41, 5.74) is 0.730. The van der Waals surface area contributed by atoms with E-state index in [1.807, 2.05) is 0 Å². The molecule has 0 aliphatic carbocycles. The standard InChI is InChI=1S/C16H20ClFN2O3/c1-23-10-15(21)20-6-2-3-12(9-20)16(22)19-8-11-4-5-14(18)13(17)7-11/h4-5,7,12H,2-3,6,8-10H2,1H3,(H,19,22)/t12-/m0/s1. The van der Waals surface area contributed by atoms with E-state index in [4.69, 9.17) is 16.3 Å². The molecule has 1 fully saturated rings. The van der Waals surface area contributed by atoms with Crippen LogP contribution in [0.1, 0.15) is 18.4 Å². The van der Waals surface area contributed by atoms with Crippen LogP contribution in [-0.2, 0) is 20.9 Å². The highest BCUT2D eigenvalue weighted by Gasteiger charge is 2.28. The van der Waals surface area contributed by atoms with E-state index in [2.05, 4.69) is 5.32 Å². The molecule has 0 spiro atoms. The van der Waals surface area contributed by atoms with Crippen molar-refractivity contribution in [3.63, 3.8) is 0 Å². The monoisotopic (exact) mass is 342 g/mol. The minimum atomic E-state index is -0.485. The zero-order chi connectivity index (χ0) is 16.8. The molecule has 1 aromatic carbocycles. The summed E-state index contributed by atoms with van der Waals surface area (Å²) in [6.07, 6.45) is 1.53. The number of likely N-dealkylation sites (tertiary alicyclic amines) is 1. The average molecular weight is 343 g/mol. The molecule has 1 aliphatic heterocycles. The Morgan fingerprint density at radius 1 is 1.48 bits per heavy atom. The van der Waals surface area contributed by atoms with E-state index in [0.29, 0.717) is 13.1 Å². The van der Waals surface area contributed by atoms with Gasteiger partial charge in [0.1, 0.15) is 12.4 Å². The maximum Gasteiger partial charge on any atom is 0.248 e. The first-order valence-corrected chi connectivity index (χ1v) is 7.87. The number of hydrogen-bond donors (Lipinski definition) is 1. The largest absolute Gasteiger partial charge is 0.375 e. The predicted octanol–water partition coefficient (Wildman–Crippen LogP) is 1.98. The Balaban J connectivity index is 1.87. The molecule has 0 saturated carbocycles. The number of ether oxygens (including phenoxy) is 1. The number of nitrogens with zero attached hydrogens (tertiary/aromatic N) is 1. The molecule has 1 atom stereocenters. The van der Waals surface area contributed by atoms with Gasteiger partial charge in [0, 0.05) is 26.7 Å². The summed E-state index contributed by atoms with van der Waals surface area (Å²) in [4.78, 5) is 25.8. The van der Waals surface area contributed by atoms with Gasteiger partial charge in [-0.1, -0.05) is 17.7 Å². The molecule has 5 nitrogen and oxygen atoms in total. The zero-order valence-electron chi connectivity index (χ0n) is 13.0. The summed E-state index contributed by atoms with van der Waals surface area (Å²) < 4.78 is 17.9. The summed E-state index contributed by atoms with van der Waals surface area (Å²) in [5.74, 6) is -0.933. The third kappa shape index (κ3) is 4.91. The first-order valence-electron chi connectivity index (χ1n) is 7.49. The SMILES string of the molecule is COCC(=O)N1CCC[C@H](C(=O)NCc2ccc(F)c(Cl)c2)C1. The molecule has 1 heterocycles. The van der Waals surface area contributed by atoms with Crippen molar-refractivity contribution in [2.75, 3.05) is 26.8 Å². The van der Waals surface area contributed by atoms with E-state index in [0.717, 1.165) is 18.4 Å². The maximum absolute atomic E-state index is 13.1. The van der Waals surface area contributed by atoms with E-state index < -0.39 is 5.82 Å². The number of nitrogens with one attached hydrogen (secondary N) is 1. The smallest absolute Gasteiger partial charge is 0.248 e. The van der Waals surface area contributed by atoms with Gasteiger partial charge in [0.25, 0.3) is 0 Å². The molecule has 1 aromatic rings. The quantitative estimate of drug-likeness (QED) is 0.890. The van der Waals surface area contributed by atoms with Crippen molar-refractivity contribution in [3.05, 3.63) is 34.6 Å². The fourth-order valence-corrected chi connectivity index (χ4v) is 2.82. The minimum Gasteiger partial charge on any atom is -0.375 e. The number of carbonyl (C=O) groups excluding carboxylic acids is 2. The van der Waals surface area contributed by atoms with Crippen molar-refractivity contribution in [2.24, 2.45) is 5.92 Å². The highest BCUT2D eigenvalue weighted by molar-refractivity contribution is 6.30. The molecule has 0 unspecified atom stereocenters. The second kappa shape index (κ2) is 8.26. The lowest BCUT2D eigenvalue weighted by atomic mass is 9.97. The van der Waals surface area contributed by atoms with Crippen molar-refractivity contribution in [3.8, 4) is 0 Å². The van der Waals surface area contributed by atoms with Crippen LogP contribution in [0.3, 0.4) is 0 Å². The van der Waals surface area contributed by atoms with E-state index in [1.54, 1.807) is 11.0 Å². The van der Waals surface area contributed by atoms with Gasteiger partial charge in [-0.2, -0.15) is 0 Å². The Morgan fingerprint density at radius 3 is 2.96 bits per heavy atom. The van der Waals surface area contributed by atoms with Crippen LogP contribution in [0.25, 0.3) is 0 Å². The molecule has 0 aromatic heterocycles. The zero-order valence-corrected chi connectivity index (χ0v) is 13.7. The molecule has 23 heavy (non-hydrogen) atoms. The van der Waals surface area contributed by atoms with Crippen molar-refractivity contribution >= 4 is 23.4 Å². The average Bonchev–Trinajstić information content (AvgIpc) is 2.56. The van der Waals surface area contributed by atoms with E-state index in [1.165, 1.54) is 19.2 Å². The highest BCUT2D eigenvalue weighted by atomic mass is 35.5. The highest BCUT2D eigenvalue weighted by Crippen LogP contribution is 2.18. The summed E-state index contributed by atoms with van der Waals surface area (Å²) in [7, 11) is 1.47. The molecule has 1 aliphatic rings. The lowest BCUT2D eigenvalue weighted by Crippen LogP contribution is -2.46. The molecular formula is C16H20ClFN2O3. The normalized spacial score (nSPS) is 17.9. The lowest BCUT2D eigenvalue weighted by molar-refractivity contribution is -0.139. The van der Waals surface area contributed by atoms with Crippen LogP contribution in [0.5, 0.6) is 0 Å². The summed E-state index contributed by atoms with van der Waals surface area (Å²) >= 11 is 5.72. The fourth-order valence-electron chi connectivity index (χ4n) is 2.62. The fraction of sp³-hybridized carbons (Fsp3) is 0.500. The lowest BCUT2D eigenvalue weighted by Gasteiger charge is -2.32. The maximum atomic E-state index is 13.1. The predicted molar refractivity (Wildman–Crippen MR) is 84.4 cm³/mol. The van der Waals surface area contributed by atoms with Gasteiger partial charge in [-0.05, 0) is 30.5 Å². The Labute approximate surface area is 139 Å². The number of halogens is 2. The molecule has 7 heteroatoms. The van der Waals surface area contributed by atoms with Crippen LogP contribution in [0.2, 0.25) is 5.02 Å². The first-order chi connectivity index (χ1) is 11.0. The molecule has 1 saturated heterocycles. The van der Waals surface area contributed by atoms with Crippen LogP contribution in [0.15, 0.2) is 18.2 Å². The van der Waals surface area contributed by atoms with Crippen LogP contribution in [0, 0.1) is 11.7 Å².